The molecule has 2 aromatic carbocycles. The van der Waals surface area contributed by atoms with E-state index in [1.54, 1.807) is 30.3 Å². The van der Waals surface area contributed by atoms with Gasteiger partial charge < -0.3 is 5.32 Å². The Bertz CT molecular complexity index is 912. The van der Waals surface area contributed by atoms with Gasteiger partial charge in [-0.1, -0.05) is 35.9 Å². The number of rotatable bonds is 6. The second-order valence-corrected chi connectivity index (χ2v) is 8.76. The molecular formula is C19H21ClFN3O3S. The molecule has 0 aliphatic carbocycles. The van der Waals surface area contributed by atoms with Crippen molar-refractivity contribution in [2.75, 3.05) is 39.3 Å². The van der Waals surface area contributed by atoms with E-state index in [0.717, 1.165) is 0 Å². The van der Waals surface area contributed by atoms with Gasteiger partial charge in [-0.05, 0) is 24.3 Å². The van der Waals surface area contributed by atoms with Crippen molar-refractivity contribution in [1.82, 2.24) is 14.5 Å². The Balaban J connectivity index is 1.48. The van der Waals surface area contributed by atoms with Crippen LogP contribution < -0.4 is 5.32 Å². The van der Waals surface area contributed by atoms with Gasteiger partial charge in [0.1, 0.15) is 5.82 Å². The summed E-state index contributed by atoms with van der Waals surface area (Å²) in [6, 6.07) is 12.5. The van der Waals surface area contributed by atoms with Gasteiger partial charge in [0.25, 0.3) is 5.91 Å². The van der Waals surface area contributed by atoms with Gasteiger partial charge in [-0.15, -0.1) is 0 Å². The minimum Gasteiger partial charge on any atom is -0.351 e. The molecule has 2 aromatic rings. The highest BCUT2D eigenvalue weighted by Crippen LogP contribution is 2.19. The van der Waals surface area contributed by atoms with Crippen molar-refractivity contribution in [3.05, 3.63) is 64.9 Å². The highest BCUT2D eigenvalue weighted by Gasteiger charge is 2.28. The van der Waals surface area contributed by atoms with Gasteiger partial charge in [-0.3, -0.25) is 9.69 Å². The molecule has 3 rings (SSSR count). The average Bonchev–Trinajstić information content (AvgIpc) is 2.69. The van der Waals surface area contributed by atoms with Crippen molar-refractivity contribution in [2.24, 2.45) is 0 Å². The van der Waals surface area contributed by atoms with Crippen LogP contribution in [-0.4, -0.2) is 62.8 Å². The van der Waals surface area contributed by atoms with Crippen molar-refractivity contribution < 1.29 is 17.6 Å². The fourth-order valence-electron chi connectivity index (χ4n) is 3.07. The molecule has 28 heavy (non-hydrogen) atoms. The minimum atomic E-state index is -3.48. The first kappa shape index (κ1) is 20.7. The number of piperazine rings is 1. The largest absolute Gasteiger partial charge is 0.351 e. The fraction of sp³-hybridized carbons (Fsp3) is 0.316. The van der Waals surface area contributed by atoms with Gasteiger partial charge in [0.15, 0.2) is 0 Å². The Morgan fingerprint density at radius 1 is 1.04 bits per heavy atom. The molecule has 1 heterocycles. The molecule has 0 aromatic heterocycles. The van der Waals surface area contributed by atoms with E-state index in [-0.39, 0.29) is 15.5 Å². The number of hydrogen-bond donors (Lipinski definition) is 1. The zero-order valence-corrected chi connectivity index (χ0v) is 16.7. The summed E-state index contributed by atoms with van der Waals surface area (Å²) < 4.78 is 40.5. The van der Waals surface area contributed by atoms with Crippen molar-refractivity contribution in [1.29, 1.82) is 0 Å². The van der Waals surface area contributed by atoms with Crippen LogP contribution in [0.25, 0.3) is 0 Å². The van der Waals surface area contributed by atoms with Gasteiger partial charge in [-0.25, -0.2) is 12.8 Å². The van der Waals surface area contributed by atoms with Crippen LogP contribution in [0.5, 0.6) is 0 Å². The molecular weight excluding hydrogens is 405 g/mol. The summed E-state index contributed by atoms with van der Waals surface area (Å²) in [7, 11) is -3.48. The molecule has 0 radical (unpaired) electrons. The summed E-state index contributed by atoms with van der Waals surface area (Å²) >= 11 is 5.89. The topological polar surface area (TPSA) is 69.7 Å². The van der Waals surface area contributed by atoms with Crippen molar-refractivity contribution in [3.63, 3.8) is 0 Å². The molecule has 0 saturated carbocycles. The van der Waals surface area contributed by atoms with E-state index < -0.39 is 21.7 Å². The molecule has 0 unspecified atom stereocenters. The molecule has 1 aliphatic heterocycles. The highest BCUT2D eigenvalue weighted by molar-refractivity contribution is 7.89. The van der Waals surface area contributed by atoms with Gasteiger partial charge in [0.05, 0.1) is 15.5 Å². The zero-order chi connectivity index (χ0) is 20.1. The minimum absolute atomic E-state index is 0.0669. The predicted octanol–water partition coefficient (Wildman–Crippen LogP) is 2.22. The van der Waals surface area contributed by atoms with Crippen molar-refractivity contribution in [2.45, 2.75) is 4.90 Å². The van der Waals surface area contributed by atoms with Crippen LogP contribution >= 0.6 is 11.6 Å². The van der Waals surface area contributed by atoms with Crippen LogP contribution in [0.1, 0.15) is 10.4 Å². The summed E-state index contributed by atoms with van der Waals surface area (Å²) in [5.41, 5.74) is -0.164. The Kier molecular flexibility index (Phi) is 6.66. The standard InChI is InChI=1S/C19H21ClFN3O3S/c20-16-7-4-8-17(21)18(16)19(25)22-9-10-23-11-13-24(14-12-23)28(26,27)15-5-2-1-3-6-15/h1-8H,9-14H2,(H,22,25). The summed E-state index contributed by atoms with van der Waals surface area (Å²) in [5.74, 6) is -1.22. The number of carbonyl (C=O) groups is 1. The first-order valence-corrected chi connectivity index (χ1v) is 10.7. The molecule has 1 aliphatic rings. The number of nitrogens with zero attached hydrogens (tertiary/aromatic N) is 2. The summed E-state index contributed by atoms with van der Waals surface area (Å²) in [4.78, 5) is 14.5. The molecule has 0 atom stereocenters. The van der Waals surface area contributed by atoms with E-state index in [2.05, 4.69) is 10.2 Å². The summed E-state index contributed by atoms with van der Waals surface area (Å²) in [6.07, 6.45) is 0. The lowest BCUT2D eigenvalue weighted by Gasteiger charge is -2.33. The van der Waals surface area contributed by atoms with E-state index in [1.807, 2.05) is 0 Å². The predicted molar refractivity (Wildman–Crippen MR) is 105 cm³/mol. The van der Waals surface area contributed by atoms with Crippen LogP contribution in [-0.2, 0) is 10.0 Å². The third-order valence-corrected chi connectivity index (χ3v) is 6.84. The Hall–Kier alpha value is -2.00. The van der Waals surface area contributed by atoms with Crippen molar-refractivity contribution in [3.8, 4) is 0 Å². The maximum absolute atomic E-state index is 13.8. The molecule has 1 fully saturated rings. The Morgan fingerprint density at radius 2 is 1.71 bits per heavy atom. The second kappa shape index (κ2) is 9.00. The lowest BCUT2D eigenvalue weighted by atomic mass is 10.2. The number of amides is 1. The molecule has 6 nitrogen and oxygen atoms in total. The van der Waals surface area contributed by atoms with Crippen LogP contribution in [0.4, 0.5) is 4.39 Å². The zero-order valence-electron chi connectivity index (χ0n) is 15.1. The maximum Gasteiger partial charge on any atom is 0.255 e. The number of carbonyl (C=O) groups excluding carboxylic acids is 1. The molecule has 1 saturated heterocycles. The Labute approximate surface area is 168 Å². The van der Waals surface area contributed by atoms with E-state index in [1.165, 1.54) is 22.5 Å². The quantitative estimate of drug-likeness (QED) is 0.770. The highest BCUT2D eigenvalue weighted by atomic mass is 35.5. The summed E-state index contributed by atoms with van der Waals surface area (Å²) in [5, 5.41) is 2.73. The molecule has 1 amide bonds. The third-order valence-electron chi connectivity index (χ3n) is 4.62. The van der Waals surface area contributed by atoms with Gasteiger partial charge >= 0.3 is 0 Å². The normalized spacial score (nSPS) is 16.1. The van der Waals surface area contributed by atoms with E-state index in [0.29, 0.717) is 39.3 Å². The Morgan fingerprint density at radius 3 is 2.36 bits per heavy atom. The van der Waals surface area contributed by atoms with E-state index in [4.69, 9.17) is 11.6 Å². The smallest absolute Gasteiger partial charge is 0.255 e. The first-order chi connectivity index (χ1) is 13.4. The SMILES string of the molecule is O=C(NCCN1CCN(S(=O)(=O)c2ccccc2)CC1)c1c(F)cccc1Cl. The van der Waals surface area contributed by atoms with Crippen LogP contribution in [0.3, 0.4) is 0 Å². The number of nitrogens with one attached hydrogen (secondary N) is 1. The average molecular weight is 426 g/mol. The fourth-order valence-corrected chi connectivity index (χ4v) is 4.76. The van der Waals surface area contributed by atoms with Crippen LogP contribution in [0.2, 0.25) is 5.02 Å². The van der Waals surface area contributed by atoms with Crippen LogP contribution in [0, 0.1) is 5.82 Å². The van der Waals surface area contributed by atoms with Crippen LogP contribution in [0.15, 0.2) is 53.4 Å². The molecule has 150 valence electrons. The maximum atomic E-state index is 13.8. The van der Waals surface area contributed by atoms with Gasteiger partial charge in [0, 0.05) is 39.3 Å². The molecule has 0 spiro atoms. The van der Waals surface area contributed by atoms with E-state index >= 15 is 0 Å². The second-order valence-electron chi connectivity index (χ2n) is 6.41. The molecule has 1 N–H and O–H groups in total. The van der Waals surface area contributed by atoms with Gasteiger partial charge in [0.2, 0.25) is 10.0 Å². The summed E-state index contributed by atoms with van der Waals surface area (Å²) in [6.45, 7) is 2.73. The monoisotopic (exact) mass is 425 g/mol. The lowest BCUT2D eigenvalue weighted by molar-refractivity contribution is 0.0941. The van der Waals surface area contributed by atoms with Crippen molar-refractivity contribution >= 4 is 27.5 Å². The molecule has 9 heteroatoms. The third kappa shape index (κ3) is 4.70. The molecule has 0 bridgehead atoms. The number of sulfonamides is 1. The number of hydrogen-bond acceptors (Lipinski definition) is 4. The van der Waals surface area contributed by atoms with Gasteiger partial charge in [-0.2, -0.15) is 4.31 Å². The number of halogens is 2. The number of benzene rings is 2. The van der Waals surface area contributed by atoms with E-state index in [9.17, 15) is 17.6 Å². The first-order valence-electron chi connectivity index (χ1n) is 8.89. The lowest BCUT2D eigenvalue weighted by Crippen LogP contribution is -2.50.